The molecule has 0 aliphatic rings. The standard InChI is InChI=1S/C56H31N7/c57-32-36-25-37(33-58)27-43(26-36)40-23-24-54-48(28-40)47-21-11-12-22-53(47)63(54)55-49(45-19-9-7-17-41(45)34-59)29-44(30-50(55)46-20-10-8-18-42(46)35-60)52-31-51(38-13-3-1-4-14-38)61-56(62-52)39-15-5-2-6-16-39/h1-31H. The maximum absolute atomic E-state index is 10.7. The van der Waals surface area contributed by atoms with Crippen molar-refractivity contribution in [1.29, 1.82) is 21.0 Å². The zero-order valence-corrected chi connectivity index (χ0v) is 33.5. The predicted octanol–water partition coefficient (Wildman–Crippen LogP) is 13.1. The molecule has 0 atom stereocenters. The van der Waals surface area contributed by atoms with E-state index in [4.69, 9.17) is 9.97 Å². The van der Waals surface area contributed by atoms with Gasteiger partial charge in [-0.15, -0.1) is 0 Å². The van der Waals surface area contributed by atoms with E-state index in [1.165, 1.54) is 0 Å². The molecule has 0 saturated carbocycles. The topological polar surface area (TPSA) is 126 Å². The van der Waals surface area contributed by atoms with Gasteiger partial charge in [0.1, 0.15) is 0 Å². The highest BCUT2D eigenvalue weighted by atomic mass is 15.0. The number of para-hydroxylation sites is 1. The Kier molecular flexibility index (Phi) is 9.60. The van der Waals surface area contributed by atoms with Crippen LogP contribution in [0.2, 0.25) is 0 Å². The molecule has 0 bridgehead atoms. The molecule has 0 spiro atoms. The minimum Gasteiger partial charge on any atom is -0.308 e. The minimum atomic E-state index is 0.406. The molecule has 2 heterocycles. The van der Waals surface area contributed by atoms with Crippen LogP contribution >= 0.6 is 0 Å². The first-order chi connectivity index (χ1) is 31.0. The van der Waals surface area contributed by atoms with Crippen LogP contribution < -0.4 is 0 Å². The van der Waals surface area contributed by atoms with Gasteiger partial charge in [0.15, 0.2) is 5.82 Å². The first-order valence-corrected chi connectivity index (χ1v) is 20.2. The average molecular weight is 802 g/mol. The molecular formula is C56H31N7. The summed E-state index contributed by atoms with van der Waals surface area (Å²) >= 11 is 0. The number of nitriles is 4. The highest BCUT2D eigenvalue weighted by molar-refractivity contribution is 6.12. The summed E-state index contributed by atoms with van der Waals surface area (Å²) in [7, 11) is 0. The number of rotatable bonds is 7. The SMILES string of the molecule is N#Cc1cc(C#N)cc(-c2ccc3c(c2)c2ccccc2n3-c2c(-c3ccccc3C#N)cc(-c3cc(-c4ccccc4)nc(-c4ccccc4)n3)cc2-c2ccccc2C#N)c1. The molecular weight excluding hydrogens is 771 g/mol. The van der Waals surface area contributed by atoms with Crippen molar-refractivity contribution in [3.05, 3.63) is 210 Å². The van der Waals surface area contributed by atoms with Gasteiger partial charge in [-0.1, -0.05) is 121 Å². The molecule has 10 aromatic rings. The van der Waals surface area contributed by atoms with E-state index in [9.17, 15) is 21.0 Å². The van der Waals surface area contributed by atoms with Gasteiger partial charge in [-0.05, 0) is 77.9 Å². The third-order valence-corrected chi connectivity index (χ3v) is 11.3. The van der Waals surface area contributed by atoms with Crippen LogP contribution in [0.25, 0.3) is 94.8 Å². The smallest absolute Gasteiger partial charge is 0.160 e. The van der Waals surface area contributed by atoms with E-state index in [0.717, 1.165) is 72.1 Å². The summed E-state index contributed by atoms with van der Waals surface area (Å²) in [5, 5.41) is 42.9. The molecule has 8 aromatic carbocycles. The molecule has 7 heteroatoms. The molecule has 290 valence electrons. The van der Waals surface area contributed by atoms with Gasteiger partial charge in [-0.25, -0.2) is 9.97 Å². The summed E-state index contributed by atoms with van der Waals surface area (Å²) in [4.78, 5) is 10.3. The molecule has 0 unspecified atom stereocenters. The summed E-state index contributed by atoms with van der Waals surface area (Å²) in [5.74, 6) is 0.564. The fourth-order valence-corrected chi connectivity index (χ4v) is 8.45. The monoisotopic (exact) mass is 801 g/mol. The van der Waals surface area contributed by atoms with E-state index in [1.807, 2.05) is 133 Å². The average Bonchev–Trinajstić information content (AvgIpc) is 3.69. The highest BCUT2D eigenvalue weighted by Gasteiger charge is 2.25. The van der Waals surface area contributed by atoms with Crippen LogP contribution in [0.15, 0.2) is 188 Å². The Morgan fingerprint density at radius 1 is 0.349 bits per heavy atom. The fourth-order valence-electron chi connectivity index (χ4n) is 8.45. The van der Waals surface area contributed by atoms with Gasteiger partial charge >= 0.3 is 0 Å². The Hall–Kier alpha value is -9.40. The summed E-state index contributed by atoms with van der Waals surface area (Å²) < 4.78 is 2.22. The first kappa shape index (κ1) is 37.8. The number of fused-ring (bicyclic) bond motifs is 3. The van der Waals surface area contributed by atoms with Crippen LogP contribution in [0.1, 0.15) is 22.3 Å². The Labute approximate surface area is 363 Å². The lowest BCUT2D eigenvalue weighted by Gasteiger charge is -2.22. The van der Waals surface area contributed by atoms with E-state index >= 15 is 0 Å². The Morgan fingerprint density at radius 2 is 0.873 bits per heavy atom. The Bertz CT molecular complexity index is 3450. The second-order valence-corrected chi connectivity index (χ2v) is 15.0. The Balaban J connectivity index is 1.34. The van der Waals surface area contributed by atoms with Crippen molar-refractivity contribution in [2.75, 3.05) is 0 Å². The fraction of sp³-hybridized carbons (Fsp3) is 0. The van der Waals surface area contributed by atoms with Gasteiger partial charge in [0.2, 0.25) is 0 Å². The van der Waals surface area contributed by atoms with Crippen molar-refractivity contribution in [1.82, 2.24) is 14.5 Å². The van der Waals surface area contributed by atoms with Crippen LogP contribution in [0.3, 0.4) is 0 Å². The predicted molar refractivity (Wildman–Crippen MR) is 248 cm³/mol. The maximum Gasteiger partial charge on any atom is 0.160 e. The van der Waals surface area contributed by atoms with Crippen molar-refractivity contribution in [2.24, 2.45) is 0 Å². The number of hydrogen-bond donors (Lipinski definition) is 0. The third-order valence-electron chi connectivity index (χ3n) is 11.3. The molecule has 7 nitrogen and oxygen atoms in total. The van der Waals surface area contributed by atoms with Gasteiger partial charge in [0.05, 0.1) is 74.6 Å². The summed E-state index contributed by atoms with van der Waals surface area (Å²) in [5.41, 5.74) is 12.9. The molecule has 63 heavy (non-hydrogen) atoms. The van der Waals surface area contributed by atoms with Crippen molar-refractivity contribution < 1.29 is 0 Å². The third kappa shape index (κ3) is 6.81. The molecule has 0 amide bonds. The van der Waals surface area contributed by atoms with Gasteiger partial charge < -0.3 is 4.57 Å². The molecule has 2 aromatic heterocycles. The normalized spacial score (nSPS) is 10.8. The van der Waals surface area contributed by atoms with Gasteiger partial charge in [0, 0.05) is 49.7 Å². The van der Waals surface area contributed by atoms with E-state index in [-0.39, 0.29) is 0 Å². The van der Waals surface area contributed by atoms with E-state index in [1.54, 1.807) is 18.2 Å². The lowest BCUT2D eigenvalue weighted by Crippen LogP contribution is -2.04. The molecule has 0 aliphatic carbocycles. The zero-order valence-electron chi connectivity index (χ0n) is 33.5. The number of aromatic nitrogens is 3. The van der Waals surface area contributed by atoms with Gasteiger partial charge in [0.25, 0.3) is 0 Å². The highest BCUT2D eigenvalue weighted by Crippen LogP contribution is 2.46. The van der Waals surface area contributed by atoms with E-state index < -0.39 is 0 Å². The van der Waals surface area contributed by atoms with Crippen LogP contribution in [0.5, 0.6) is 0 Å². The van der Waals surface area contributed by atoms with Crippen LogP contribution in [-0.4, -0.2) is 14.5 Å². The molecule has 0 radical (unpaired) electrons. The van der Waals surface area contributed by atoms with E-state index in [0.29, 0.717) is 44.9 Å². The quantitative estimate of drug-likeness (QED) is 0.158. The molecule has 0 fully saturated rings. The first-order valence-electron chi connectivity index (χ1n) is 20.2. The number of hydrogen-bond acceptors (Lipinski definition) is 6. The summed E-state index contributed by atoms with van der Waals surface area (Å²) in [6.07, 6.45) is 0. The van der Waals surface area contributed by atoms with Gasteiger partial charge in [-0.2, -0.15) is 21.0 Å². The maximum atomic E-state index is 10.7. The van der Waals surface area contributed by atoms with Crippen molar-refractivity contribution >= 4 is 21.8 Å². The van der Waals surface area contributed by atoms with E-state index in [2.05, 4.69) is 65.2 Å². The number of nitrogens with zero attached hydrogens (tertiary/aromatic N) is 7. The van der Waals surface area contributed by atoms with Crippen molar-refractivity contribution in [3.63, 3.8) is 0 Å². The second kappa shape index (κ2) is 16.0. The Morgan fingerprint density at radius 3 is 1.48 bits per heavy atom. The minimum absolute atomic E-state index is 0.406. The van der Waals surface area contributed by atoms with Gasteiger partial charge in [-0.3, -0.25) is 0 Å². The second-order valence-electron chi connectivity index (χ2n) is 15.0. The van der Waals surface area contributed by atoms with Crippen LogP contribution in [0, 0.1) is 45.3 Å². The molecule has 10 rings (SSSR count). The molecule has 0 saturated heterocycles. The van der Waals surface area contributed by atoms with Crippen LogP contribution in [-0.2, 0) is 0 Å². The van der Waals surface area contributed by atoms with Crippen molar-refractivity contribution in [2.45, 2.75) is 0 Å². The lowest BCUT2D eigenvalue weighted by atomic mass is 9.88. The van der Waals surface area contributed by atoms with Crippen LogP contribution in [0.4, 0.5) is 0 Å². The zero-order chi connectivity index (χ0) is 42.9. The summed E-state index contributed by atoms with van der Waals surface area (Å²) in [6.45, 7) is 0. The summed E-state index contributed by atoms with van der Waals surface area (Å²) in [6, 6.07) is 70.1. The molecule has 0 N–H and O–H groups in total. The largest absolute Gasteiger partial charge is 0.308 e. The molecule has 0 aliphatic heterocycles. The lowest BCUT2D eigenvalue weighted by molar-refractivity contribution is 1.17. The number of benzene rings is 8. The van der Waals surface area contributed by atoms with Crippen molar-refractivity contribution in [3.8, 4) is 97.2 Å².